The second-order valence-corrected chi connectivity index (χ2v) is 7.47. The molecule has 1 aliphatic rings. The molecule has 1 fully saturated rings. The van der Waals surface area contributed by atoms with Gasteiger partial charge in [-0.25, -0.2) is 0 Å². The number of nitro benzene ring substituents is 1. The smallest absolute Gasteiger partial charge is 0.366 e. The number of anilines is 3. The van der Waals surface area contributed by atoms with Crippen LogP contribution in [0.1, 0.15) is 25.3 Å². The average Bonchev–Trinajstić information content (AvgIpc) is 2.73. The van der Waals surface area contributed by atoms with Gasteiger partial charge in [0.1, 0.15) is 5.69 Å². The van der Waals surface area contributed by atoms with Crippen molar-refractivity contribution in [1.29, 1.82) is 0 Å². The molecular formula is C21H21F3N4O4. The normalized spacial score (nSPS) is 14.7. The van der Waals surface area contributed by atoms with Crippen LogP contribution in [0.5, 0.6) is 0 Å². The summed E-state index contributed by atoms with van der Waals surface area (Å²) < 4.78 is 38.7. The Morgan fingerprint density at radius 2 is 1.59 bits per heavy atom. The summed E-state index contributed by atoms with van der Waals surface area (Å²) in [6.45, 7) is 1.98. The molecule has 2 amide bonds. The summed E-state index contributed by atoms with van der Waals surface area (Å²) in [6.07, 6.45) is -3.88. The second kappa shape index (κ2) is 9.25. The zero-order valence-corrected chi connectivity index (χ0v) is 17.1. The van der Waals surface area contributed by atoms with Gasteiger partial charge < -0.3 is 15.5 Å². The third-order valence-corrected chi connectivity index (χ3v) is 5.18. The van der Waals surface area contributed by atoms with Crippen LogP contribution in [0.2, 0.25) is 0 Å². The van der Waals surface area contributed by atoms with Gasteiger partial charge in [-0.15, -0.1) is 0 Å². The summed E-state index contributed by atoms with van der Waals surface area (Å²) in [4.78, 5) is 35.8. The van der Waals surface area contributed by atoms with Gasteiger partial charge in [-0.05, 0) is 49.2 Å². The number of hydrogen-bond donors (Lipinski definition) is 2. The van der Waals surface area contributed by atoms with E-state index >= 15 is 0 Å². The van der Waals surface area contributed by atoms with Gasteiger partial charge in [0.15, 0.2) is 0 Å². The van der Waals surface area contributed by atoms with Crippen LogP contribution in [-0.2, 0) is 15.8 Å². The molecule has 0 saturated carbocycles. The minimum Gasteiger partial charge on any atom is -0.366 e. The topological polar surface area (TPSA) is 105 Å². The Balaban J connectivity index is 1.63. The van der Waals surface area contributed by atoms with Crippen LogP contribution in [0.25, 0.3) is 0 Å². The molecule has 2 aromatic rings. The molecular weight excluding hydrogens is 429 g/mol. The van der Waals surface area contributed by atoms with Crippen LogP contribution in [-0.4, -0.2) is 29.8 Å². The minimum absolute atomic E-state index is 0.107. The number of rotatable bonds is 5. The van der Waals surface area contributed by atoms with Crippen molar-refractivity contribution in [1.82, 2.24) is 0 Å². The molecule has 0 bridgehead atoms. The molecule has 0 radical (unpaired) electrons. The molecule has 1 saturated heterocycles. The second-order valence-electron chi connectivity index (χ2n) is 7.47. The summed E-state index contributed by atoms with van der Waals surface area (Å²) >= 11 is 0. The van der Waals surface area contributed by atoms with Gasteiger partial charge in [0.05, 0.1) is 10.5 Å². The lowest BCUT2D eigenvalue weighted by Crippen LogP contribution is -2.38. The molecule has 0 unspecified atom stereocenters. The van der Waals surface area contributed by atoms with Gasteiger partial charge in [0.2, 0.25) is 11.8 Å². The highest BCUT2D eigenvalue weighted by Gasteiger charge is 2.35. The number of piperidine rings is 1. The van der Waals surface area contributed by atoms with Crippen molar-refractivity contribution in [3.05, 3.63) is 58.1 Å². The highest BCUT2D eigenvalue weighted by atomic mass is 19.4. The largest absolute Gasteiger partial charge is 0.416 e. The summed E-state index contributed by atoms with van der Waals surface area (Å²) in [5.41, 5.74) is -0.420. The van der Waals surface area contributed by atoms with Crippen LogP contribution in [0.15, 0.2) is 42.5 Å². The number of nitrogens with one attached hydrogen (secondary N) is 2. The van der Waals surface area contributed by atoms with E-state index in [1.165, 1.54) is 6.92 Å². The highest BCUT2D eigenvalue weighted by Crippen LogP contribution is 2.37. The molecule has 32 heavy (non-hydrogen) atoms. The fourth-order valence-corrected chi connectivity index (χ4v) is 3.58. The average molecular weight is 450 g/mol. The summed E-state index contributed by atoms with van der Waals surface area (Å²) in [5, 5.41) is 16.7. The standard InChI is InChI=1S/C21H21F3N4O4/c1-13(29)25-16-3-5-17(6-4-16)26-20(30)14-8-10-27(11-9-14)18-7-2-15(21(22,23)24)12-19(18)28(31)32/h2-7,12,14H,8-11H2,1H3,(H,25,29)(H,26,30). The first kappa shape index (κ1) is 23.0. The van der Waals surface area contributed by atoms with Gasteiger partial charge >= 0.3 is 6.18 Å². The molecule has 0 atom stereocenters. The number of carbonyl (C=O) groups excluding carboxylic acids is 2. The Morgan fingerprint density at radius 3 is 2.09 bits per heavy atom. The Labute approximate surface area is 181 Å². The Morgan fingerprint density at radius 1 is 1.03 bits per heavy atom. The predicted molar refractivity (Wildman–Crippen MR) is 112 cm³/mol. The molecule has 3 rings (SSSR count). The Kier molecular flexibility index (Phi) is 6.66. The zero-order chi connectivity index (χ0) is 23.5. The minimum atomic E-state index is -4.67. The number of halogens is 3. The third-order valence-electron chi connectivity index (χ3n) is 5.18. The molecule has 11 heteroatoms. The van der Waals surface area contributed by atoms with Crippen LogP contribution < -0.4 is 15.5 Å². The monoisotopic (exact) mass is 450 g/mol. The van der Waals surface area contributed by atoms with Crippen LogP contribution in [0.4, 0.5) is 35.9 Å². The van der Waals surface area contributed by atoms with Crippen molar-refractivity contribution in [2.75, 3.05) is 28.6 Å². The summed E-state index contributed by atoms with van der Waals surface area (Å²) in [5.74, 6) is -0.754. The van der Waals surface area contributed by atoms with Crippen LogP contribution >= 0.6 is 0 Å². The molecule has 1 heterocycles. The van der Waals surface area contributed by atoms with E-state index in [1.54, 1.807) is 29.2 Å². The lowest BCUT2D eigenvalue weighted by molar-refractivity contribution is -0.384. The van der Waals surface area contributed by atoms with E-state index in [0.717, 1.165) is 12.1 Å². The van der Waals surface area contributed by atoms with Gasteiger partial charge in [0.25, 0.3) is 5.69 Å². The van der Waals surface area contributed by atoms with Crippen molar-refractivity contribution in [3.63, 3.8) is 0 Å². The van der Waals surface area contributed by atoms with Crippen LogP contribution in [0.3, 0.4) is 0 Å². The van der Waals surface area contributed by atoms with Gasteiger partial charge in [0, 0.05) is 43.4 Å². The first-order valence-electron chi connectivity index (χ1n) is 9.83. The van der Waals surface area contributed by atoms with Crippen molar-refractivity contribution in [3.8, 4) is 0 Å². The van der Waals surface area contributed by atoms with E-state index in [-0.39, 0.29) is 23.4 Å². The maximum Gasteiger partial charge on any atom is 0.416 e. The molecule has 1 aliphatic heterocycles. The van der Waals surface area contributed by atoms with Gasteiger partial charge in [-0.1, -0.05) is 0 Å². The number of nitro groups is 1. The van der Waals surface area contributed by atoms with E-state index in [2.05, 4.69) is 10.6 Å². The molecule has 8 nitrogen and oxygen atoms in total. The summed E-state index contributed by atoms with van der Waals surface area (Å²) in [6, 6.07) is 9.10. The van der Waals surface area contributed by atoms with E-state index < -0.39 is 22.4 Å². The highest BCUT2D eigenvalue weighted by molar-refractivity contribution is 5.93. The number of hydrogen-bond acceptors (Lipinski definition) is 5. The number of nitrogens with zero attached hydrogens (tertiary/aromatic N) is 2. The first-order chi connectivity index (χ1) is 15.0. The van der Waals surface area contributed by atoms with Gasteiger partial charge in [-0.3, -0.25) is 19.7 Å². The van der Waals surface area contributed by atoms with Crippen molar-refractivity contribution in [2.24, 2.45) is 5.92 Å². The Hall–Kier alpha value is -3.63. The van der Waals surface area contributed by atoms with E-state index in [4.69, 9.17) is 0 Å². The third kappa shape index (κ3) is 5.54. The molecule has 2 N–H and O–H groups in total. The molecule has 2 aromatic carbocycles. The van der Waals surface area contributed by atoms with E-state index in [0.29, 0.717) is 43.4 Å². The lowest BCUT2D eigenvalue weighted by atomic mass is 9.95. The number of amides is 2. The van der Waals surface area contributed by atoms with Crippen molar-refractivity contribution in [2.45, 2.75) is 25.9 Å². The van der Waals surface area contributed by atoms with E-state index in [1.807, 2.05) is 0 Å². The lowest BCUT2D eigenvalue weighted by Gasteiger charge is -2.32. The molecule has 170 valence electrons. The molecule has 0 aromatic heterocycles. The fourth-order valence-electron chi connectivity index (χ4n) is 3.58. The molecule has 0 spiro atoms. The number of alkyl halides is 3. The van der Waals surface area contributed by atoms with Crippen molar-refractivity contribution >= 4 is 34.6 Å². The fraction of sp³-hybridized carbons (Fsp3) is 0.333. The van der Waals surface area contributed by atoms with Crippen LogP contribution in [0, 0.1) is 16.0 Å². The van der Waals surface area contributed by atoms with Gasteiger partial charge in [-0.2, -0.15) is 13.2 Å². The maximum atomic E-state index is 12.9. The first-order valence-corrected chi connectivity index (χ1v) is 9.83. The predicted octanol–water partition coefficient (Wildman–Crippen LogP) is 4.43. The maximum absolute atomic E-state index is 12.9. The zero-order valence-electron chi connectivity index (χ0n) is 17.1. The number of carbonyl (C=O) groups is 2. The van der Waals surface area contributed by atoms with E-state index in [9.17, 15) is 32.9 Å². The van der Waals surface area contributed by atoms with Crippen molar-refractivity contribution < 1.29 is 27.7 Å². The summed E-state index contributed by atoms with van der Waals surface area (Å²) in [7, 11) is 0. The SMILES string of the molecule is CC(=O)Nc1ccc(NC(=O)C2CCN(c3ccc(C(F)(F)F)cc3[N+](=O)[O-])CC2)cc1. The quantitative estimate of drug-likeness (QED) is 0.518. The Bertz CT molecular complexity index is 1020. The molecule has 0 aliphatic carbocycles. The number of benzene rings is 2.